The molecule has 0 aliphatic heterocycles. The highest BCUT2D eigenvalue weighted by Gasteiger charge is 2.16. The molecule has 0 bridgehead atoms. The third-order valence-corrected chi connectivity index (χ3v) is 3.51. The molecule has 0 saturated heterocycles. The zero-order chi connectivity index (χ0) is 16.8. The summed E-state index contributed by atoms with van der Waals surface area (Å²) in [5.41, 5.74) is 0.262. The Balaban J connectivity index is 1.99. The maximum absolute atomic E-state index is 12.1. The average Bonchev–Trinajstić information content (AvgIpc) is 3.05. The third-order valence-electron chi connectivity index (χ3n) is 3.51. The van der Waals surface area contributed by atoms with Crippen molar-refractivity contribution in [3.05, 3.63) is 64.5 Å². The van der Waals surface area contributed by atoms with Crippen LogP contribution in [0.5, 0.6) is 0 Å². The van der Waals surface area contributed by atoms with Crippen molar-refractivity contribution >= 4 is 11.7 Å². The number of nitro groups is 1. The lowest BCUT2D eigenvalue weighted by Crippen LogP contribution is -2.19. The highest BCUT2D eigenvalue weighted by atomic mass is 16.6. The molecule has 0 amide bonds. The van der Waals surface area contributed by atoms with E-state index < -0.39 is 10.9 Å². The summed E-state index contributed by atoms with van der Waals surface area (Å²) in [4.78, 5) is 22.2. The minimum atomic E-state index is -0.500. The maximum atomic E-state index is 12.1. The first kappa shape index (κ1) is 16.7. The van der Waals surface area contributed by atoms with Gasteiger partial charge in [-0.2, -0.15) is 0 Å². The van der Waals surface area contributed by atoms with E-state index in [4.69, 9.17) is 4.74 Å². The van der Waals surface area contributed by atoms with Gasteiger partial charge in [-0.05, 0) is 36.6 Å². The van der Waals surface area contributed by atoms with Crippen LogP contribution in [-0.2, 0) is 4.74 Å². The number of aromatic nitrogens is 1. The summed E-state index contributed by atoms with van der Waals surface area (Å²) in [6.45, 7) is 4.51. The first-order chi connectivity index (χ1) is 11.0. The van der Waals surface area contributed by atoms with Crippen LogP contribution in [0.1, 0.15) is 36.7 Å². The molecule has 2 rings (SSSR count). The highest BCUT2D eigenvalue weighted by Crippen LogP contribution is 2.19. The molecule has 0 aliphatic carbocycles. The first-order valence-electron chi connectivity index (χ1n) is 7.51. The minimum absolute atomic E-state index is 0.0495. The van der Waals surface area contributed by atoms with Gasteiger partial charge in [-0.3, -0.25) is 10.1 Å². The highest BCUT2D eigenvalue weighted by molar-refractivity contribution is 5.89. The van der Waals surface area contributed by atoms with Gasteiger partial charge < -0.3 is 9.30 Å². The lowest BCUT2D eigenvalue weighted by molar-refractivity contribution is -0.384. The van der Waals surface area contributed by atoms with Gasteiger partial charge in [0.2, 0.25) is 0 Å². The van der Waals surface area contributed by atoms with E-state index in [1.54, 1.807) is 0 Å². The summed E-state index contributed by atoms with van der Waals surface area (Å²) < 4.78 is 7.42. The Labute approximate surface area is 134 Å². The minimum Gasteiger partial charge on any atom is -0.460 e. The zero-order valence-corrected chi connectivity index (χ0v) is 13.2. The van der Waals surface area contributed by atoms with Crippen LogP contribution in [0.4, 0.5) is 5.69 Å². The largest absolute Gasteiger partial charge is 0.460 e. The summed E-state index contributed by atoms with van der Waals surface area (Å²) in [7, 11) is 0. The molecule has 1 aromatic heterocycles. The second kappa shape index (κ2) is 7.58. The van der Waals surface area contributed by atoms with E-state index in [9.17, 15) is 14.9 Å². The van der Waals surface area contributed by atoms with Crippen molar-refractivity contribution in [1.29, 1.82) is 0 Å². The smallest absolute Gasteiger partial charge is 0.338 e. The van der Waals surface area contributed by atoms with Crippen molar-refractivity contribution in [2.45, 2.75) is 26.3 Å². The lowest BCUT2D eigenvalue weighted by atomic mass is 10.0. The van der Waals surface area contributed by atoms with Crippen LogP contribution < -0.4 is 0 Å². The molecule has 0 radical (unpaired) electrons. The monoisotopic (exact) mass is 316 g/mol. The number of nitrogens with zero attached hydrogens (tertiary/aromatic N) is 2. The third kappa shape index (κ3) is 4.67. The van der Waals surface area contributed by atoms with E-state index in [0.717, 1.165) is 6.42 Å². The molecular formula is C17H20N2O4. The Kier molecular flexibility index (Phi) is 5.51. The van der Waals surface area contributed by atoms with Crippen LogP contribution in [-0.4, -0.2) is 22.1 Å². The van der Waals surface area contributed by atoms with Crippen molar-refractivity contribution in [2.75, 3.05) is 6.61 Å². The molecule has 0 spiro atoms. The quantitative estimate of drug-likeness (QED) is 0.442. The molecule has 0 unspecified atom stereocenters. The van der Waals surface area contributed by atoms with Crippen LogP contribution in [0.15, 0.2) is 48.8 Å². The molecule has 1 aromatic carbocycles. The number of carbonyl (C=O) groups is 1. The molecule has 1 heterocycles. The van der Waals surface area contributed by atoms with Gasteiger partial charge in [0.1, 0.15) is 6.61 Å². The Morgan fingerprint density at radius 3 is 2.35 bits per heavy atom. The summed E-state index contributed by atoms with van der Waals surface area (Å²) in [5, 5.41) is 10.6. The number of esters is 1. The topological polar surface area (TPSA) is 74.4 Å². The van der Waals surface area contributed by atoms with Crippen LogP contribution in [0.3, 0.4) is 0 Å². The predicted molar refractivity (Wildman–Crippen MR) is 86.3 cm³/mol. The summed E-state index contributed by atoms with van der Waals surface area (Å²) >= 11 is 0. The van der Waals surface area contributed by atoms with Crippen molar-refractivity contribution in [3.63, 3.8) is 0 Å². The fourth-order valence-electron chi connectivity index (χ4n) is 2.39. The standard InChI is InChI=1S/C17H20N2O4/c1-13(2)11-16(18-9-3-4-10-18)12-23-17(20)14-5-7-15(8-6-14)19(21)22/h3-10,13,16H,11-12H2,1-2H3/t16-/m0/s1. The number of nitro benzene ring substituents is 1. The van der Waals surface area contributed by atoms with Gasteiger partial charge in [0.05, 0.1) is 16.5 Å². The number of carbonyl (C=O) groups excluding carboxylic acids is 1. The van der Waals surface area contributed by atoms with Gasteiger partial charge in [0.15, 0.2) is 0 Å². The first-order valence-corrected chi connectivity index (χ1v) is 7.51. The molecule has 122 valence electrons. The zero-order valence-electron chi connectivity index (χ0n) is 13.2. The molecular weight excluding hydrogens is 296 g/mol. The van der Waals surface area contributed by atoms with E-state index in [1.807, 2.05) is 29.1 Å². The predicted octanol–water partition coefficient (Wildman–Crippen LogP) is 3.84. The summed E-state index contributed by atoms with van der Waals surface area (Å²) in [6.07, 6.45) is 4.79. The summed E-state index contributed by atoms with van der Waals surface area (Å²) in [6, 6.07) is 9.37. The van der Waals surface area contributed by atoms with Crippen molar-refractivity contribution in [2.24, 2.45) is 5.92 Å². The number of benzene rings is 1. The second-order valence-corrected chi connectivity index (χ2v) is 5.82. The number of rotatable bonds is 7. The van der Waals surface area contributed by atoms with Crippen LogP contribution >= 0.6 is 0 Å². The molecule has 2 aromatic rings. The number of non-ortho nitro benzene ring substituents is 1. The second-order valence-electron chi connectivity index (χ2n) is 5.82. The van der Waals surface area contributed by atoms with Gasteiger partial charge in [0, 0.05) is 24.5 Å². The van der Waals surface area contributed by atoms with Gasteiger partial charge in [-0.15, -0.1) is 0 Å². The fourth-order valence-corrected chi connectivity index (χ4v) is 2.39. The van der Waals surface area contributed by atoms with Crippen molar-refractivity contribution < 1.29 is 14.5 Å². The number of ether oxygens (including phenoxy) is 1. The normalized spacial score (nSPS) is 12.1. The van der Waals surface area contributed by atoms with E-state index in [-0.39, 0.29) is 18.3 Å². The molecule has 0 saturated carbocycles. The Morgan fingerprint density at radius 1 is 1.22 bits per heavy atom. The fraction of sp³-hybridized carbons (Fsp3) is 0.353. The van der Waals surface area contributed by atoms with E-state index in [0.29, 0.717) is 11.5 Å². The van der Waals surface area contributed by atoms with Crippen molar-refractivity contribution in [1.82, 2.24) is 4.57 Å². The SMILES string of the molecule is CC(C)C[C@@H](COC(=O)c1ccc([N+](=O)[O-])cc1)n1cccc1. The van der Waals surface area contributed by atoms with Crippen LogP contribution in [0.2, 0.25) is 0 Å². The maximum Gasteiger partial charge on any atom is 0.338 e. The Bertz CT molecular complexity index is 648. The molecule has 23 heavy (non-hydrogen) atoms. The average molecular weight is 316 g/mol. The number of hydrogen-bond acceptors (Lipinski definition) is 4. The van der Waals surface area contributed by atoms with E-state index in [1.165, 1.54) is 24.3 Å². The van der Waals surface area contributed by atoms with Crippen molar-refractivity contribution in [3.8, 4) is 0 Å². The van der Waals surface area contributed by atoms with E-state index in [2.05, 4.69) is 13.8 Å². The Hall–Kier alpha value is -2.63. The van der Waals surface area contributed by atoms with E-state index >= 15 is 0 Å². The van der Waals surface area contributed by atoms with Gasteiger partial charge in [-0.1, -0.05) is 13.8 Å². The molecule has 0 N–H and O–H groups in total. The van der Waals surface area contributed by atoms with Gasteiger partial charge in [-0.25, -0.2) is 4.79 Å². The summed E-state index contributed by atoms with van der Waals surface area (Å²) in [5.74, 6) is 0.00119. The van der Waals surface area contributed by atoms with Gasteiger partial charge in [0.25, 0.3) is 5.69 Å². The molecule has 6 nitrogen and oxygen atoms in total. The molecule has 0 aliphatic rings. The molecule has 0 fully saturated rings. The Morgan fingerprint density at radius 2 is 1.83 bits per heavy atom. The van der Waals surface area contributed by atoms with Gasteiger partial charge >= 0.3 is 5.97 Å². The van der Waals surface area contributed by atoms with Crippen LogP contribution in [0.25, 0.3) is 0 Å². The van der Waals surface area contributed by atoms with Crippen LogP contribution in [0, 0.1) is 16.0 Å². The number of hydrogen-bond donors (Lipinski definition) is 0. The lowest BCUT2D eigenvalue weighted by Gasteiger charge is -2.20. The molecule has 6 heteroatoms. The molecule has 1 atom stereocenters.